The summed E-state index contributed by atoms with van der Waals surface area (Å²) in [6.07, 6.45) is 1.32. The first-order chi connectivity index (χ1) is 10.5. The Kier molecular flexibility index (Phi) is 5.42. The molecule has 1 aromatic heterocycles. The zero-order valence-electron chi connectivity index (χ0n) is 11.2. The fraction of sp³-hybridized carbons (Fsp3) is 0.0714. The van der Waals surface area contributed by atoms with Gasteiger partial charge in [-0.3, -0.25) is 9.59 Å². The Morgan fingerprint density at radius 1 is 1.32 bits per heavy atom. The van der Waals surface area contributed by atoms with Gasteiger partial charge in [-0.05, 0) is 46.3 Å². The van der Waals surface area contributed by atoms with E-state index < -0.39 is 17.6 Å². The summed E-state index contributed by atoms with van der Waals surface area (Å²) in [5.74, 6) is -1.14. The largest absolute Gasteiger partial charge is 0.448 e. The van der Waals surface area contributed by atoms with Gasteiger partial charge in [-0.15, -0.1) is 0 Å². The minimum Gasteiger partial charge on any atom is -0.448 e. The van der Waals surface area contributed by atoms with E-state index in [0.717, 1.165) is 6.07 Å². The number of furan rings is 1. The van der Waals surface area contributed by atoms with Crippen molar-refractivity contribution in [3.05, 3.63) is 58.2 Å². The van der Waals surface area contributed by atoms with Crippen molar-refractivity contribution in [2.45, 2.75) is 0 Å². The van der Waals surface area contributed by atoms with Crippen LogP contribution in [0.15, 0.2) is 50.6 Å². The van der Waals surface area contributed by atoms with Gasteiger partial charge < -0.3 is 9.73 Å². The summed E-state index contributed by atoms with van der Waals surface area (Å²) in [7, 11) is 0. The molecule has 0 atom stereocenters. The Balaban J connectivity index is 1.78. The average Bonchev–Trinajstić information content (AvgIpc) is 2.90. The predicted molar refractivity (Wildman–Crippen MR) is 80.9 cm³/mol. The summed E-state index contributed by atoms with van der Waals surface area (Å²) in [5.41, 5.74) is 2.36. The van der Waals surface area contributed by atoms with Crippen LogP contribution in [-0.4, -0.2) is 24.6 Å². The zero-order valence-corrected chi connectivity index (χ0v) is 12.8. The quantitative estimate of drug-likeness (QED) is 0.626. The molecular weight excluding hydrogens is 357 g/mol. The summed E-state index contributed by atoms with van der Waals surface area (Å²) < 4.78 is 18.7. The number of hydrazone groups is 1. The van der Waals surface area contributed by atoms with E-state index in [1.165, 1.54) is 24.4 Å². The molecule has 0 radical (unpaired) electrons. The highest BCUT2D eigenvalue weighted by molar-refractivity contribution is 9.10. The molecular formula is C14H11BrFN3O3. The van der Waals surface area contributed by atoms with E-state index in [0.29, 0.717) is 10.4 Å². The first kappa shape index (κ1) is 15.9. The monoisotopic (exact) mass is 367 g/mol. The molecule has 114 valence electrons. The fourth-order valence-corrected chi connectivity index (χ4v) is 1.82. The Hall–Kier alpha value is -2.48. The third kappa shape index (κ3) is 4.81. The first-order valence-corrected chi connectivity index (χ1v) is 6.95. The van der Waals surface area contributed by atoms with Crippen LogP contribution in [0.25, 0.3) is 0 Å². The standard InChI is InChI=1S/C14H11BrFN3O3/c15-12-5-4-11(22-12)7-18-19-13(20)8-17-14(21)9-2-1-3-10(16)6-9/h1-7H,8H2,(H,17,21)(H,19,20)/b18-7+. The molecule has 0 fully saturated rings. The highest BCUT2D eigenvalue weighted by Crippen LogP contribution is 2.11. The van der Waals surface area contributed by atoms with E-state index in [-0.39, 0.29) is 12.1 Å². The molecule has 22 heavy (non-hydrogen) atoms. The van der Waals surface area contributed by atoms with Gasteiger partial charge in [0.15, 0.2) is 4.67 Å². The highest BCUT2D eigenvalue weighted by Gasteiger charge is 2.08. The lowest BCUT2D eigenvalue weighted by atomic mass is 10.2. The Morgan fingerprint density at radius 2 is 2.14 bits per heavy atom. The van der Waals surface area contributed by atoms with Crippen LogP contribution in [-0.2, 0) is 4.79 Å². The van der Waals surface area contributed by atoms with Gasteiger partial charge in [-0.2, -0.15) is 5.10 Å². The second kappa shape index (κ2) is 7.51. The van der Waals surface area contributed by atoms with Crippen molar-refractivity contribution in [2.24, 2.45) is 5.10 Å². The number of carbonyl (C=O) groups is 2. The van der Waals surface area contributed by atoms with Crippen LogP contribution in [0, 0.1) is 5.82 Å². The normalized spacial score (nSPS) is 10.6. The molecule has 1 heterocycles. The molecule has 2 amide bonds. The van der Waals surface area contributed by atoms with Gasteiger partial charge in [0.2, 0.25) is 0 Å². The van der Waals surface area contributed by atoms with Crippen LogP contribution >= 0.6 is 15.9 Å². The minimum atomic E-state index is -0.548. The summed E-state index contributed by atoms with van der Waals surface area (Å²) in [6.45, 7) is -0.283. The van der Waals surface area contributed by atoms with Crippen molar-refractivity contribution in [2.75, 3.05) is 6.54 Å². The topological polar surface area (TPSA) is 83.7 Å². The summed E-state index contributed by atoms with van der Waals surface area (Å²) >= 11 is 3.13. The number of nitrogens with zero attached hydrogens (tertiary/aromatic N) is 1. The molecule has 0 bridgehead atoms. The molecule has 0 aliphatic rings. The van der Waals surface area contributed by atoms with Crippen molar-refractivity contribution in [3.8, 4) is 0 Å². The number of hydrogen-bond donors (Lipinski definition) is 2. The maximum absolute atomic E-state index is 13.0. The molecule has 0 unspecified atom stereocenters. The molecule has 8 heteroatoms. The van der Waals surface area contributed by atoms with Crippen molar-refractivity contribution < 1.29 is 18.4 Å². The smallest absolute Gasteiger partial charge is 0.259 e. The number of hydrogen-bond acceptors (Lipinski definition) is 4. The van der Waals surface area contributed by atoms with Crippen molar-refractivity contribution >= 4 is 34.0 Å². The highest BCUT2D eigenvalue weighted by atomic mass is 79.9. The molecule has 0 aliphatic heterocycles. The van der Waals surface area contributed by atoms with Crippen molar-refractivity contribution in [1.29, 1.82) is 0 Å². The molecule has 0 saturated carbocycles. The van der Waals surface area contributed by atoms with E-state index in [1.807, 2.05) is 0 Å². The number of amides is 2. The van der Waals surface area contributed by atoms with Crippen LogP contribution in [0.4, 0.5) is 4.39 Å². The third-order valence-electron chi connectivity index (χ3n) is 2.47. The van der Waals surface area contributed by atoms with Crippen molar-refractivity contribution in [1.82, 2.24) is 10.7 Å². The van der Waals surface area contributed by atoms with Gasteiger partial charge in [-0.1, -0.05) is 6.07 Å². The summed E-state index contributed by atoms with van der Waals surface area (Å²) in [6, 6.07) is 8.51. The molecule has 2 rings (SSSR count). The van der Waals surface area contributed by atoms with Crippen LogP contribution in [0.5, 0.6) is 0 Å². The van der Waals surface area contributed by atoms with Gasteiger partial charge in [0.1, 0.15) is 11.6 Å². The average molecular weight is 368 g/mol. The van der Waals surface area contributed by atoms with Crippen LogP contribution in [0.3, 0.4) is 0 Å². The Morgan fingerprint density at radius 3 is 2.82 bits per heavy atom. The maximum Gasteiger partial charge on any atom is 0.259 e. The van der Waals surface area contributed by atoms with Crippen molar-refractivity contribution in [3.63, 3.8) is 0 Å². The SMILES string of the molecule is O=C(CNC(=O)c1cccc(F)c1)N/N=C/c1ccc(Br)o1. The summed E-state index contributed by atoms with van der Waals surface area (Å²) in [4.78, 5) is 23.2. The van der Waals surface area contributed by atoms with Crippen LogP contribution in [0.2, 0.25) is 0 Å². The number of nitrogens with one attached hydrogen (secondary N) is 2. The van der Waals surface area contributed by atoms with Gasteiger partial charge >= 0.3 is 0 Å². The van der Waals surface area contributed by atoms with Gasteiger partial charge in [0, 0.05) is 5.56 Å². The third-order valence-corrected chi connectivity index (χ3v) is 2.90. The fourth-order valence-electron chi connectivity index (χ4n) is 1.50. The molecule has 1 aromatic carbocycles. The Labute approximate surface area is 133 Å². The van der Waals surface area contributed by atoms with Crippen LogP contribution < -0.4 is 10.7 Å². The van der Waals surface area contributed by atoms with Gasteiger partial charge in [0.05, 0.1) is 12.8 Å². The van der Waals surface area contributed by atoms with E-state index in [4.69, 9.17) is 4.42 Å². The second-order valence-corrected chi connectivity index (χ2v) is 4.91. The van der Waals surface area contributed by atoms with E-state index in [2.05, 4.69) is 31.8 Å². The number of rotatable bonds is 5. The lowest BCUT2D eigenvalue weighted by molar-refractivity contribution is -0.120. The predicted octanol–water partition coefficient (Wildman–Crippen LogP) is 2.06. The molecule has 0 saturated heterocycles. The maximum atomic E-state index is 13.0. The van der Waals surface area contributed by atoms with Gasteiger partial charge in [0.25, 0.3) is 11.8 Å². The molecule has 0 spiro atoms. The first-order valence-electron chi connectivity index (χ1n) is 6.15. The zero-order chi connectivity index (χ0) is 15.9. The van der Waals surface area contributed by atoms with E-state index in [9.17, 15) is 14.0 Å². The Bertz CT molecular complexity index is 715. The number of benzene rings is 1. The van der Waals surface area contributed by atoms with Crippen LogP contribution in [0.1, 0.15) is 16.1 Å². The van der Waals surface area contributed by atoms with Gasteiger partial charge in [-0.25, -0.2) is 9.82 Å². The lowest BCUT2D eigenvalue weighted by Gasteiger charge is -2.04. The lowest BCUT2D eigenvalue weighted by Crippen LogP contribution is -2.34. The van der Waals surface area contributed by atoms with E-state index >= 15 is 0 Å². The molecule has 2 N–H and O–H groups in total. The van der Waals surface area contributed by atoms with E-state index in [1.54, 1.807) is 12.1 Å². The molecule has 6 nitrogen and oxygen atoms in total. The number of carbonyl (C=O) groups excluding carboxylic acids is 2. The summed E-state index contributed by atoms with van der Waals surface area (Å²) in [5, 5.41) is 6.03. The molecule has 0 aliphatic carbocycles. The molecule has 2 aromatic rings. The minimum absolute atomic E-state index is 0.136. The second-order valence-electron chi connectivity index (χ2n) is 4.13. The number of halogens is 2.